The maximum absolute atomic E-state index is 12.8. The summed E-state index contributed by atoms with van der Waals surface area (Å²) in [7, 11) is 0. The highest BCUT2D eigenvalue weighted by Gasteiger charge is 2.18. The molecule has 4 aromatic rings. The van der Waals surface area contributed by atoms with Crippen molar-refractivity contribution in [3.05, 3.63) is 70.3 Å². The van der Waals surface area contributed by atoms with Crippen LogP contribution in [0.3, 0.4) is 0 Å². The molecule has 0 saturated heterocycles. The molecule has 0 radical (unpaired) electrons. The summed E-state index contributed by atoms with van der Waals surface area (Å²) >= 11 is 2.62. The van der Waals surface area contributed by atoms with E-state index in [9.17, 15) is 9.59 Å². The molecule has 0 fully saturated rings. The number of nitrogens with zero attached hydrogens (tertiary/aromatic N) is 1. The summed E-state index contributed by atoms with van der Waals surface area (Å²) < 4.78 is 0. The Hall–Kier alpha value is -2.90. The first-order chi connectivity index (χ1) is 14.1. The van der Waals surface area contributed by atoms with Crippen molar-refractivity contribution in [2.24, 2.45) is 5.73 Å². The minimum absolute atomic E-state index is 0.208. The molecule has 0 aliphatic heterocycles. The van der Waals surface area contributed by atoms with Crippen LogP contribution in [0.2, 0.25) is 0 Å². The SMILES string of the molecule is CCC(Sc1nc2scc(-c3ccc(-c4ccccc4)cc3)c2c(=O)[nH]1)C(N)=O. The van der Waals surface area contributed by atoms with Crippen LogP contribution in [0, 0.1) is 0 Å². The maximum Gasteiger partial charge on any atom is 0.260 e. The van der Waals surface area contributed by atoms with E-state index in [1.165, 1.54) is 23.1 Å². The fraction of sp³-hybridized carbons (Fsp3) is 0.136. The molecule has 0 spiro atoms. The van der Waals surface area contributed by atoms with Crippen LogP contribution in [0.1, 0.15) is 13.3 Å². The van der Waals surface area contributed by atoms with Crippen LogP contribution in [0.4, 0.5) is 0 Å². The Bertz CT molecular complexity index is 1210. The Balaban J connectivity index is 1.69. The number of fused-ring (bicyclic) bond motifs is 1. The second kappa shape index (κ2) is 8.23. The molecule has 146 valence electrons. The predicted octanol–water partition coefficient (Wildman–Crippen LogP) is 4.67. The van der Waals surface area contributed by atoms with Crippen molar-refractivity contribution in [3.8, 4) is 22.3 Å². The van der Waals surface area contributed by atoms with Gasteiger partial charge in [0.2, 0.25) is 5.91 Å². The summed E-state index contributed by atoms with van der Waals surface area (Å²) in [5, 5.41) is 2.52. The number of carbonyl (C=O) groups is 1. The fourth-order valence-corrected chi connectivity index (χ4v) is 5.00. The molecule has 0 saturated carbocycles. The Kier molecular flexibility index (Phi) is 5.51. The zero-order valence-electron chi connectivity index (χ0n) is 15.7. The number of rotatable bonds is 6. The summed E-state index contributed by atoms with van der Waals surface area (Å²) in [5.74, 6) is -0.411. The largest absolute Gasteiger partial charge is 0.369 e. The molecule has 3 N–H and O–H groups in total. The zero-order chi connectivity index (χ0) is 20.4. The third kappa shape index (κ3) is 3.97. The molecule has 29 heavy (non-hydrogen) atoms. The van der Waals surface area contributed by atoms with Gasteiger partial charge in [0, 0.05) is 10.9 Å². The number of nitrogens with two attached hydrogens (primary N) is 1. The number of carbonyl (C=O) groups excluding carboxylic acids is 1. The number of aromatic amines is 1. The first-order valence-corrected chi connectivity index (χ1v) is 11.0. The number of thioether (sulfide) groups is 1. The highest BCUT2D eigenvalue weighted by Crippen LogP contribution is 2.33. The van der Waals surface area contributed by atoms with Gasteiger partial charge in [-0.05, 0) is 23.1 Å². The minimum Gasteiger partial charge on any atom is -0.369 e. The highest BCUT2D eigenvalue weighted by molar-refractivity contribution is 8.00. The first kappa shape index (κ1) is 19.4. The Morgan fingerprint density at radius 3 is 2.41 bits per heavy atom. The Labute approximate surface area is 176 Å². The van der Waals surface area contributed by atoms with Crippen molar-refractivity contribution < 1.29 is 4.79 Å². The topological polar surface area (TPSA) is 88.8 Å². The molecule has 0 aliphatic carbocycles. The summed E-state index contributed by atoms with van der Waals surface area (Å²) in [5.41, 5.74) is 9.29. The van der Waals surface area contributed by atoms with Crippen LogP contribution < -0.4 is 11.3 Å². The summed E-state index contributed by atoms with van der Waals surface area (Å²) in [6, 6.07) is 18.3. The van der Waals surface area contributed by atoms with E-state index >= 15 is 0 Å². The number of nitrogens with one attached hydrogen (secondary N) is 1. The number of thiophene rings is 1. The van der Waals surface area contributed by atoms with E-state index in [0.29, 0.717) is 21.8 Å². The van der Waals surface area contributed by atoms with Crippen molar-refractivity contribution in [2.75, 3.05) is 0 Å². The van der Waals surface area contributed by atoms with Gasteiger partial charge in [0.15, 0.2) is 5.16 Å². The number of hydrogen-bond donors (Lipinski definition) is 2. The van der Waals surface area contributed by atoms with Crippen molar-refractivity contribution in [2.45, 2.75) is 23.8 Å². The Morgan fingerprint density at radius 2 is 1.76 bits per heavy atom. The maximum atomic E-state index is 12.8. The number of aromatic nitrogens is 2. The molecule has 5 nitrogen and oxygen atoms in total. The normalized spacial score (nSPS) is 12.2. The van der Waals surface area contributed by atoms with Crippen molar-refractivity contribution in [3.63, 3.8) is 0 Å². The molecule has 4 rings (SSSR count). The zero-order valence-corrected chi connectivity index (χ0v) is 17.3. The highest BCUT2D eigenvalue weighted by atomic mass is 32.2. The van der Waals surface area contributed by atoms with Crippen LogP contribution in [0.5, 0.6) is 0 Å². The summed E-state index contributed by atoms with van der Waals surface area (Å²) in [6.07, 6.45) is 0.575. The van der Waals surface area contributed by atoms with Gasteiger partial charge in [0.05, 0.1) is 10.6 Å². The molecule has 1 unspecified atom stereocenters. The van der Waals surface area contributed by atoms with Crippen molar-refractivity contribution in [1.29, 1.82) is 0 Å². The number of primary amides is 1. The van der Waals surface area contributed by atoms with Gasteiger partial charge in [-0.2, -0.15) is 0 Å². The monoisotopic (exact) mass is 421 g/mol. The van der Waals surface area contributed by atoms with Crippen LogP contribution in [0.15, 0.2) is 69.9 Å². The second-order valence-corrected chi connectivity index (χ2v) is 8.61. The quantitative estimate of drug-likeness (QED) is 0.350. The lowest BCUT2D eigenvalue weighted by Gasteiger charge is -2.09. The lowest BCUT2D eigenvalue weighted by molar-refractivity contribution is -0.117. The standard InChI is InChI=1S/C22H19N3O2S2/c1-2-17(19(23)26)29-22-24-20(27)18-16(12-28-21(18)25-22)15-10-8-14(9-11-15)13-6-4-3-5-7-13/h3-12,17H,2H2,1H3,(H2,23,26)(H,24,25,27). The number of H-pyrrole nitrogens is 1. The Morgan fingerprint density at radius 1 is 1.10 bits per heavy atom. The second-order valence-electron chi connectivity index (χ2n) is 6.56. The van der Waals surface area contributed by atoms with E-state index in [2.05, 4.69) is 34.2 Å². The molecule has 1 atom stereocenters. The van der Waals surface area contributed by atoms with Gasteiger partial charge in [0.1, 0.15) is 4.83 Å². The van der Waals surface area contributed by atoms with E-state index < -0.39 is 11.2 Å². The van der Waals surface area contributed by atoms with Gasteiger partial charge in [-0.3, -0.25) is 9.59 Å². The van der Waals surface area contributed by atoms with Gasteiger partial charge in [-0.25, -0.2) is 4.98 Å². The smallest absolute Gasteiger partial charge is 0.260 e. The number of benzene rings is 2. The van der Waals surface area contributed by atoms with E-state index in [1.807, 2.05) is 42.6 Å². The van der Waals surface area contributed by atoms with Crippen molar-refractivity contribution in [1.82, 2.24) is 9.97 Å². The number of hydrogen-bond acceptors (Lipinski definition) is 5. The fourth-order valence-electron chi connectivity index (χ4n) is 3.15. The van der Waals surface area contributed by atoms with Gasteiger partial charge in [-0.1, -0.05) is 73.3 Å². The molecular weight excluding hydrogens is 402 g/mol. The van der Waals surface area contributed by atoms with E-state index in [1.54, 1.807) is 0 Å². The van der Waals surface area contributed by atoms with Gasteiger partial charge in [0.25, 0.3) is 5.56 Å². The minimum atomic E-state index is -0.416. The lowest BCUT2D eigenvalue weighted by atomic mass is 10.0. The third-order valence-corrected chi connectivity index (χ3v) is 6.81. The van der Waals surface area contributed by atoms with E-state index in [-0.39, 0.29) is 5.56 Å². The van der Waals surface area contributed by atoms with Gasteiger partial charge >= 0.3 is 0 Å². The van der Waals surface area contributed by atoms with Gasteiger partial charge in [-0.15, -0.1) is 11.3 Å². The molecule has 2 aromatic carbocycles. The van der Waals surface area contributed by atoms with E-state index in [4.69, 9.17) is 5.73 Å². The third-order valence-electron chi connectivity index (χ3n) is 4.67. The molecular formula is C22H19N3O2S2. The van der Waals surface area contributed by atoms with Crippen LogP contribution in [-0.4, -0.2) is 21.1 Å². The molecule has 7 heteroatoms. The molecule has 2 aromatic heterocycles. The first-order valence-electron chi connectivity index (χ1n) is 9.20. The van der Waals surface area contributed by atoms with Crippen molar-refractivity contribution >= 4 is 39.2 Å². The summed E-state index contributed by atoms with van der Waals surface area (Å²) in [4.78, 5) is 32.2. The molecule has 1 amide bonds. The average Bonchev–Trinajstić information content (AvgIpc) is 3.17. The number of amides is 1. The average molecular weight is 422 g/mol. The van der Waals surface area contributed by atoms with E-state index in [0.717, 1.165) is 22.3 Å². The molecule has 2 heterocycles. The lowest BCUT2D eigenvalue weighted by Crippen LogP contribution is -2.25. The predicted molar refractivity (Wildman–Crippen MR) is 120 cm³/mol. The summed E-state index contributed by atoms with van der Waals surface area (Å²) in [6.45, 7) is 1.88. The molecule has 0 aliphatic rings. The van der Waals surface area contributed by atoms with Gasteiger partial charge < -0.3 is 10.7 Å². The van der Waals surface area contributed by atoms with Crippen LogP contribution in [-0.2, 0) is 4.79 Å². The van der Waals surface area contributed by atoms with Crippen LogP contribution in [0.25, 0.3) is 32.5 Å². The van der Waals surface area contributed by atoms with Crippen LogP contribution >= 0.6 is 23.1 Å². The molecule has 0 bridgehead atoms.